The number of hydrogen-bond donors (Lipinski definition) is 1. The molecule has 2 nitrogen and oxygen atoms in total. The molecular formula is C11H21ClN2. The minimum atomic E-state index is 0.743. The van der Waals surface area contributed by atoms with E-state index in [1.807, 2.05) is 0 Å². The average Bonchev–Trinajstić information content (AvgIpc) is 2.26. The molecule has 14 heavy (non-hydrogen) atoms. The van der Waals surface area contributed by atoms with Crippen LogP contribution in [0, 0.1) is 0 Å². The summed E-state index contributed by atoms with van der Waals surface area (Å²) >= 11 is 5.69. The molecule has 0 saturated carbocycles. The Kier molecular flexibility index (Phi) is 5.53. The number of halogens is 1. The molecule has 1 N–H and O–H groups in total. The van der Waals surface area contributed by atoms with Crippen molar-refractivity contribution in [3.05, 3.63) is 11.1 Å². The van der Waals surface area contributed by atoms with Crippen LogP contribution in [0.5, 0.6) is 0 Å². The van der Waals surface area contributed by atoms with Gasteiger partial charge in [-0.1, -0.05) is 18.5 Å². The van der Waals surface area contributed by atoms with Crippen molar-refractivity contribution in [3.63, 3.8) is 0 Å². The quantitative estimate of drug-likeness (QED) is 0.775. The number of rotatable bonds is 4. The van der Waals surface area contributed by atoms with Crippen LogP contribution in [0.1, 0.15) is 26.7 Å². The van der Waals surface area contributed by atoms with Gasteiger partial charge in [0.25, 0.3) is 0 Å². The Morgan fingerprint density at radius 3 is 2.64 bits per heavy atom. The standard InChI is InChI=1S/C11H21ClN2/c1-3-14(9-10(2)8-12)11-4-6-13-7-5-11/h8,11,13H,3-7,9H2,1-2H3. The van der Waals surface area contributed by atoms with Crippen molar-refractivity contribution in [2.45, 2.75) is 32.7 Å². The smallest absolute Gasteiger partial charge is 0.0204 e. The van der Waals surface area contributed by atoms with Gasteiger partial charge in [-0.15, -0.1) is 0 Å². The normalized spacial score (nSPS) is 20.4. The third-order valence-corrected chi connectivity index (χ3v) is 3.24. The maximum Gasteiger partial charge on any atom is 0.0204 e. The Morgan fingerprint density at radius 2 is 2.14 bits per heavy atom. The lowest BCUT2D eigenvalue weighted by Crippen LogP contribution is -2.43. The van der Waals surface area contributed by atoms with Gasteiger partial charge in [0, 0.05) is 18.1 Å². The first-order valence-electron chi connectivity index (χ1n) is 5.48. The van der Waals surface area contributed by atoms with Crippen LogP contribution in [-0.4, -0.2) is 37.1 Å². The molecule has 0 aliphatic carbocycles. The molecule has 0 unspecified atom stereocenters. The highest BCUT2D eigenvalue weighted by molar-refractivity contribution is 6.25. The number of likely N-dealkylation sites (N-methyl/N-ethyl adjacent to an activating group) is 1. The third kappa shape index (κ3) is 3.60. The lowest BCUT2D eigenvalue weighted by molar-refractivity contribution is 0.184. The van der Waals surface area contributed by atoms with Gasteiger partial charge in [0.15, 0.2) is 0 Å². The first-order chi connectivity index (χ1) is 6.77. The van der Waals surface area contributed by atoms with Gasteiger partial charge in [-0.05, 0) is 45.0 Å². The molecule has 1 aliphatic rings. The number of nitrogens with one attached hydrogen (secondary N) is 1. The van der Waals surface area contributed by atoms with Crippen LogP contribution in [-0.2, 0) is 0 Å². The maximum atomic E-state index is 5.69. The topological polar surface area (TPSA) is 15.3 Å². The van der Waals surface area contributed by atoms with E-state index in [2.05, 4.69) is 24.1 Å². The van der Waals surface area contributed by atoms with Crippen LogP contribution in [0.15, 0.2) is 11.1 Å². The second-order valence-corrected chi connectivity index (χ2v) is 4.22. The van der Waals surface area contributed by atoms with Crippen LogP contribution in [0.4, 0.5) is 0 Å². The van der Waals surface area contributed by atoms with Crippen LogP contribution in [0.3, 0.4) is 0 Å². The largest absolute Gasteiger partial charge is 0.317 e. The second kappa shape index (κ2) is 6.44. The van der Waals surface area contributed by atoms with E-state index in [-0.39, 0.29) is 0 Å². The highest BCUT2D eigenvalue weighted by Gasteiger charge is 2.19. The Bertz CT molecular complexity index is 186. The molecular weight excluding hydrogens is 196 g/mol. The van der Waals surface area contributed by atoms with E-state index in [0.29, 0.717) is 0 Å². The van der Waals surface area contributed by atoms with Crippen molar-refractivity contribution in [2.75, 3.05) is 26.2 Å². The van der Waals surface area contributed by atoms with Crippen LogP contribution >= 0.6 is 11.6 Å². The summed E-state index contributed by atoms with van der Waals surface area (Å²) in [5.74, 6) is 0. The van der Waals surface area contributed by atoms with Crippen molar-refractivity contribution < 1.29 is 0 Å². The summed E-state index contributed by atoms with van der Waals surface area (Å²) in [6.45, 7) is 8.77. The van der Waals surface area contributed by atoms with E-state index < -0.39 is 0 Å². The van der Waals surface area contributed by atoms with E-state index >= 15 is 0 Å². The predicted molar refractivity (Wildman–Crippen MR) is 62.7 cm³/mol. The molecule has 1 rings (SSSR count). The van der Waals surface area contributed by atoms with Gasteiger partial charge >= 0.3 is 0 Å². The number of piperidine rings is 1. The van der Waals surface area contributed by atoms with E-state index in [4.69, 9.17) is 11.6 Å². The van der Waals surface area contributed by atoms with E-state index in [1.165, 1.54) is 18.4 Å². The summed E-state index contributed by atoms with van der Waals surface area (Å²) in [7, 11) is 0. The molecule has 0 bridgehead atoms. The Balaban J connectivity index is 2.43. The van der Waals surface area contributed by atoms with Crippen molar-refractivity contribution in [1.29, 1.82) is 0 Å². The zero-order valence-corrected chi connectivity index (χ0v) is 9.98. The van der Waals surface area contributed by atoms with Gasteiger partial charge in [0.2, 0.25) is 0 Å². The maximum absolute atomic E-state index is 5.69. The molecule has 0 radical (unpaired) electrons. The van der Waals surface area contributed by atoms with Crippen LogP contribution < -0.4 is 5.32 Å². The fourth-order valence-electron chi connectivity index (χ4n) is 2.03. The molecule has 0 atom stereocenters. The summed E-state index contributed by atoms with van der Waals surface area (Å²) in [5.41, 5.74) is 2.95. The van der Waals surface area contributed by atoms with E-state index in [1.54, 1.807) is 5.54 Å². The lowest BCUT2D eigenvalue weighted by Gasteiger charge is -2.34. The second-order valence-electron chi connectivity index (χ2n) is 4.00. The molecule has 1 heterocycles. The highest BCUT2D eigenvalue weighted by atomic mass is 35.5. The SMILES string of the molecule is CCN(CC(C)=CCl)C1CCNCC1. The fraction of sp³-hybridized carbons (Fsp3) is 0.818. The first-order valence-corrected chi connectivity index (χ1v) is 5.92. The van der Waals surface area contributed by atoms with Gasteiger partial charge in [-0.25, -0.2) is 0 Å². The third-order valence-electron chi connectivity index (χ3n) is 2.87. The summed E-state index contributed by atoms with van der Waals surface area (Å²) in [4.78, 5) is 2.52. The van der Waals surface area contributed by atoms with Crippen molar-refractivity contribution in [1.82, 2.24) is 10.2 Å². The molecule has 0 aromatic heterocycles. The fourth-order valence-corrected chi connectivity index (χ4v) is 2.09. The molecule has 3 heteroatoms. The molecule has 1 aliphatic heterocycles. The summed E-state index contributed by atoms with van der Waals surface area (Å²) in [6.07, 6.45) is 2.53. The lowest BCUT2D eigenvalue weighted by atomic mass is 10.0. The van der Waals surface area contributed by atoms with Gasteiger partial charge in [0.05, 0.1) is 0 Å². The first kappa shape index (κ1) is 12.0. The zero-order chi connectivity index (χ0) is 10.4. The van der Waals surface area contributed by atoms with Crippen molar-refractivity contribution >= 4 is 11.6 Å². The van der Waals surface area contributed by atoms with Gasteiger partial charge in [-0.3, -0.25) is 4.90 Å². The molecule has 1 saturated heterocycles. The van der Waals surface area contributed by atoms with Gasteiger partial charge < -0.3 is 5.32 Å². The highest BCUT2D eigenvalue weighted by Crippen LogP contribution is 2.13. The van der Waals surface area contributed by atoms with Crippen LogP contribution in [0.25, 0.3) is 0 Å². The minimum absolute atomic E-state index is 0.743. The summed E-state index contributed by atoms with van der Waals surface area (Å²) in [6, 6.07) is 0.743. The predicted octanol–water partition coefficient (Wildman–Crippen LogP) is 2.20. The molecule has 82 valence electrons. The molecule has 0 amide bonds. The zero-order valence-electron chi connectivity index (χ0n) is 9.22. The Morgan fingerprint density at radius 1 is 1.50 bits per heavy atom. The van der Waals surface area contributed by atoms with E-state index in [0.717, 1.165) is 32.2 Å². The van der Waals surface area contributed by atoms with Gasteiger partial charge in [-0.2, -0.15) is 0 Å². The van der Waals surface area contributed by atoms with Crippen molar-refractivity contribution in [3.8, 4) is 0 Å². The molecule has 0 aromatic carbocycles. The summed E-state index contributed by atoms with van der Waals surface area (Å²) in [5, 5.41) is 3.39. The van der Waals surface area contributed by atoms with E-state index in [9.17, 15) is 0 Å². The van der Waals surface area contributed by atoms with Crippen molar-refractivity contribution in [2.24, 2.45) is 0 Å². The monoisotopic (exact) mass is 216 g/mol. The molecule has 0 aromatic rings. The van der Waals surface area contributed by atoms with Gasteiger partial charge in [0.1, 0.15) is 0 Å². The number of nitrogens with zero attached hydrogens (tertiary/aromatic N) is 1. The Hall–Kier alpha value is -0.0500. The number of hydrogen-bond acceptors (Lipinski definition) is 2. The molecule has 0 spiro atoms. The summed E-state index contributed by atoms with van der Waals surface area (Å²) < 4.78 is 0. The molecule has 1 fully saturated rings. The average molecular weight is 217 g/mol. The Labute approximate surface area is 92.3 Å². The van der Waals surface area contributed by atoms with Crippen LogP contribution in [0.2, 0.25) is 0 Å². The minimum Gasteiger partial charge on any atom is -0.317 e.